The highest BCUT2D eigenvalue weighted by molar-refractivity contribution is 6.62. The Morgan fingerprint density at radius 1 is 1.20 bits per heavy atom. The number of carbonyl (C=O) groups excluding carboxylic acids is 1. The molecule has 0 aromatic rings. The maximum Gasteiger partial charge on any atom is 0.543 e. The first kappa shape index (κ1) is 15.7. The molecule has 0 aromatic heterocycles. The Hall–Kier alpha value is -0.693. The number of hydrogen-bond donors (Lipinski definition) is 0. The van der Waals surface area contributed by atoms with Gasteiger partial charge >= 0.3 is 14.8 Å². The van der Waals surface area contributed by atoms with Gasteiger partial charge in [0.1, 0.15) is 0 Å². The van der Waals surface area contributed by atoms with Crippen molar-refractivity contribution in [3.05, 3.63) is 12.2 Å². The Morgan fingerprint density at radius 2 is 1.85 bits per heavy atom. The van der Waals surface area contributed by atoms with Crippen LogP contribution in [0.1, 0.15) is 26.2 Å². The summed E-state index contributed by atoms with van der Waals surface area (Å²) in [6.07, 6.45) is 6.96. The molecule has 0 spiro atoms. The number of allylic oxidation sites excluding steroid dienone is 2. The Labute approximate surface area is 121 Å². The summed E-state index contributed by atoms with van der Waals surface area (Å²) in [6, 6.07) is 0. The van der Waals surface area contributed by atoms with Gasteiger partial charge in [-0.3, -0.25) is 4.79 Å². The minimum absolute atomic E-state index is 0.0173. The molecule has 20 heavy (non-hydrogen) atoms. The third-order valence-corrected chi connectivity index (χ3v) is 7.48. The van der Waals surface area contributed by atoms with E-state index in [0.29, 0.717) is 18.3 Å². The minimum atomic E-state index is -2.94. The summed E-state index contributed by atoms with van der Waals surface area (Å²) in [5.41, 5.74) is -0.446. The fourth-order valence-electron chi connectivity index (χ4n) is 3.33. The van der Waals surface area contributed by atoms with Crippen molar-refractivity contribution in [2.45, 2.75) is 31.9 Å². The lowest BCUT2D eigenvalue weighted by Crippen LogP contribution is -2.56. The maximum absolute atomic E-state index is 12.4. The zero-order valence-electron chi connectivity index (χ0n) is 12.6. The van der Waals surface area contributed by atoms with E-state index < -0.39 is 14.5 Å². The minimum Gasteiger partial charge on any atom is -0.458 e. The molecule has 2 aliphatic carbocycles. The van der Waals surface area contributed by atoms with Crippen molar-refractivity contribution in [2.24, 2.45) is 17.8 Å². The van der Waals surface area contributed by atoms with Gasteiger partial charge in [-0.1, -0.05) is 19.1 Å². The first-order chi connectivity index (χ1) is 9.60. The fraction of sp³-hybridized carbons (Fsp3) is 0.786. The van der Waals surface area contributed by atoms with E-state index in [1.807, 2.05) is 6.92 Å². The van der Waals surface area contributed by atoms with Crippen LogP contribution >= 0.6 is 0 Å². The summed E-state index contributed by atoms with van der Waals surface area (Å²) in [5.74, 6) is 0.730. The Kier molecular flexibility index (Phi) is 5.01. The van der Waals surface area contributed by atoms with Crippen LogP contribution in [0.15, 0.2) is 12.2 Å². The van der Waals surface area contributed by atoms with Crippen molar-refractivity contribution in [1.82, 2.24) is 0 Å². The van der Waals surface area contributed by atoms with Gasteiger partial charge in [0, 0.05) is 21.3 Å². The summed E-state index contributed by atoms with van der Waals surface area (Å²) < 4.78 is 21.9. The molecular formula is C14H24O5Si. The Balaban J connectivity index is 2.02. The van der Waals surface area contributed by atoms with Crippen molar-refractivity contribution in [3.8, 4) is 0 Å². The molecule has 0 saturated heterocycles. The van der Waals surface area contributed by atoms with Crippen LogP contribution in [-0.2, 0) is 22.8 Å². The van der Waals surface area contributed by atoms with Crippen LogP contribution in [0.5, 0.6) is 0 Å². The number of fused-ring (bicyclic) bond motifs is 2. The van der Waals surface area contributed by atoms with E-state index in [9.17, 15) is 4.79 Å². The summed E-state index contributed by atoms with van der Waals surface area (Å²) >= 11 is 0. The van der Waals surface area contributed by atoms with Gasteiger partial charge in [0.05, 0.1) is 5.92 Å². The molecule has 0 heterocycles. The van der Waals surface area contributed by atoms with Crippen LogP contribution in [0, 0.1) is 17.8 Å². The third-order valence-electron chi connectivity index (χ3n) is 4.46. The van der Waals surface area contributed by atoms with E-state index >= 15 is 0 Å². The molecule has 2 bridgehead atoms. The normalized spacial score (nSPS) is 29.7. The average Bonchev–Trinajstić information content (AvgIpc) is 3.10. The molecule has 2 aliphatic rings. The molecule has 1 fully saturated rings. The lowest BCUT2D eigenvalue weighted by Gasteiger charge is -2.32. The topological polar surface area (TPSA) is 54.0 Å². The predicted octanol–water partition coefficient (Wildman–Crippen LogP) is 1.94. The molecule has 114 valence electrons. The highest BCUT2D eigenvalue weighted by atomic mass is 28.4. The molecule has 0 amide bonds. The van der Waals surface area contributed by atoms with Crippen molar-refractivity contribution < 1.29 is 22.8 Å². The molecule has 5 nitrogen and oxygen atoms in total. The average molecular weight is 300 g/mol. The van der Waals surface area contributed by atoms with Crippen molar-refractivity contribution in [2.75, 3.05) is 21.3 Å². The largest absolute Gasteiger partial charge is 0.543 e. The fourth-order valence-corrected chi connectivity index (χ4v) is 5.38. The van der Waals surface area contributed by atoms with E-state index in [-0.39, 0.29) is 11.9 Å². The zero-order valence-corrected chi connectivity index (χ0v) is 13.6. The molecule has 1 saturated carbocycles. The van der Waals surface area contributed by atoms with Crippen LogP contribution in [0.3, 0.4) is 0 Å². The maximum atomic E-state index is 12.4. The van der Waals surface area contributed by atoms with Crippen LogP contribution in [0.4, 0.5) is 0 Å². The lowest BCUT2D eigenvalue weighted by atomic mass is 9.94. The summed E-state index contributed by atoms with van der Waals surface area (Å²) in [7, 11) is 1.67. The van der Waals surface area contributed by atoms with E-state index in [1.165, 1.54) is 21.3 Å². The number of carbonyl (C=O) groups is 1. The highest BCUT2D eigenvalue weighted by Crippen LogP contribution is 2.44. The molecule has 0 aliphatic heterocycles. The van der Waals surface area contributed by atoms with Gasteiger partial charge in [0.15, 0.2) is 5.73 Å². The number of hydrogen-bond acceptors (Lipinski definition) is 5. The first-order valence-corrected chi connectivity index (χ1v) is 8.94. The summed E-state index contributed by atoms with van der Waals surface area (Å²) in [5, 5.41) is 0. The van der Waals surface area contributed by atoms with Gasteiger partial charge in [-0.2, -0.15) is 0 Å². The van der Waals surface area contributed by atoms with Gasteiger partial charge in [0.25, 0.3) is 0 Å². The molecular weight excluding hydrogens is 276 g/mol. The van der Waals surface area contributed by atoms with Crippen LogP contribution in [-0.4, -0.2) is 41.8 Å². The molecule has 0 N–H and O–H groups in total. The van der Waals surface area contributed by atoms with Gasteiger partial charge in [-0.25, -0.2) is 0 Å². The lowest BCUT2D eigenvalue weighted by molar-refractivity contribution is -0.154. The number of ether oxygens (including phenoxy) is 1. The first-order valence-electron chi connectivity index (χ1n) is 7.14. The molecule has 2 rings (SSSR count). The van der Waals surface area contributed by atoms with Gasteiger partial charge in [-0.15, -0.1) is 0 Å². The van der Waals surface area contributed by atoms with E-state index in [1.54, 1.807) is 0 Å². The Bertz CT molecular complexity index is 371. The second-order valence-electron chi connectivity index (χ2n) is 5.44. The smallest absolute Gasteiger partial charge is 0.458 e. The second kappa shape index (κ2) is 6.38. The third kappa shape index (κ3) is 2.70. The molecule has 0 aromatic carbocycles. The quantitative estimate of drug-likeness (QED) is 0.408. The van der Waals surface area contributed by atoms with Gasteiger partial charge in [-0.05, 0) is 31.1 Å². The monoisotopic (exact) mass is 300 g/mol. The van der Waals surface area contributed by atoms with Crippen LogP contribution < -0.4 is 0 Å². The SMILES string of the molecule is CCC(OC(=O)C1CC2C=CC1C2)[Si](OC)(OC)OC. The van der Waals surface area contributed by atoms with E-state index in [4.69, 9.17) is 18.0 Å². The molecule has 6 heteroatoms. The van der Waals surface area contributed by atoms with Crippen LogP contribution in [0.2, 0.25) is 0 Å². The molecule has 0 radical (unpaired) electrons. The summed E-state index contributed by atoms with van der Waals surface area (Å²) in [4.78, 5) is 12.4. The van der Waals surface area contributed by atoms with Crippen molar-refractivity contribution in [3.63, 3.8) is 0 Å². The van der Waals surface area contributed by atoms with E-state index in [2.05, 4.69) is 12.2 Å². The number of esters is 1. The highest BCUT2D eigenvalue weighted by Gasteiger charge is 2.51. The molecule has 4 unspecified atom stereocenters. The molecule has 4 atom stereocenters. The second-order valence-corrected chi connectivity index (χ2v) is 8.51. The van der Waals surface area contributed by atoms with Crippen molar-refractivity contribution >= 4 is 14.8 Å². The van der Waals surface area contributed by atoms with Gasteiger partial charge in [0.2, 0.25) is 0 Å². The standard InChI is InChI=1S/C14H24O5Si/c1-5-13(20(16-2,17-3)18-4)19-14(15)12-9-10-6-7-11(12)8-10/h6-7,10-13H,5,8-9H2,1-4H3. The summed E-state index contributed by atoms with van der Waals surface area (Å²) in [6.45, 7) is 1.94. The number of rotatable bonds is 7. The van der Waals surface area contributed by atoms with Gasteiger partial charge < -0.3 is 18.0 Å². The Morgan fingerprint density at radius 3 is 2.25 bits per heavy atom. The van der Waals surface area contributed by atoms with E-state index in [0.717, 1.165) is 12.8 Å². The van der Waals surface area contributed by atoms with Crippen molar-refractivity contribution in [1.29, 1.82) is 0 Å². The predicted molar refractivity (Wildman–Crippen MR) is 75.8 cm³/mol. The zero-order chi connectivity index (χ0) is 14.8. The van der Waals surface area contributed by atoms with Crippen LogP contribution in [0.25, 0.3) is 0 Å².